The maximum absolute atomic E-state index is 9.35. The predicted molar refractivity (Wildman–Crippen MR) is 86.4 cm³/mol. The molecule has 0 aromatic carbocycles. The molecule has 2 aliphatic rings. The lowest BCUT2D eigenvalue weighted by Crippen LogP contribution is -2.54. The SMILES string of the molecule is CCNC1CCC(CC)CC1CN1CC(CO)OCC1C. The maximum Gasteiger partial charge on any atom is 0.0933 e. The Labute approximate surface area is 130 Å². The van der Waals surface area contributed by atoms with Crippen molar-refractivity contribution in [3.63, 3.8) is 0 Å². The Bertz CT molecular complexity index is 301. The molecule has 124 valence electrons. The van der Waals surface area contributed by atoms with Crippen molar-refractivity contribution in [2.24, 2.45) is 11.8 Å². The van der Waals surface area contributed by atoms with Gasteiger partial charge in [-0.3, -0.25) is 4.90 Å². The number of morpholine rings is 1. The van der Waals surface area contributed by atoms with Gasteiger partial charge in [-0.25, -0.2) is 0 Å². The summed E-state index contributed by atoms with van der Waals surface area (Å²) in [5.41, 5.74) is 0. The van der Waals surface area contributed by atoms with Crippen LogP contribution in [-0.4, -0.2) is 61.0 Å². The third kappa shape index (κ3) is 4.65. The van der Waals surface area contributed by atoms with Crippen LogP contribution >= 0.6 is 0 Å². The van der Waals surface area contributed by atoms with E-state index in [1.807, 2.05) is 0 Å². The van der Waals surface area contributed by atoms with Crippen LogP contribution in [0.25, 0.3) is 0 Å². The van der Waals surface area contributed by atoms with Crippen LogP contribution in [0.4, 0.5) is 0 Å². The Morgan fingerprint density at radius 1 is 1.29 bits per heavy atom. The smallest absolute Gasteiger partial charge is 0.0933 e. The summed E-state index contributed by atoms with van der Waals surface area (Å²) in [6, 6.07) is 1.14. The summed E-state index contributed by atoms with van der Waals surface area (Å²) >= 11 is 0. The van der Waals surface area contributed by atoms with Gasteiger partial charge < -0.3 is 15.2 Å². The average molecular weight is 298 g/mol. The van der Waals surface area contributed by atoms with Crippen molar-refractivity contribution in [3.05, 3.63) is 0 Å². The molecule has 5 atom stereocenters. The van der Waals surface area contributed by atoms with Gasteiger partial charge in [0.05, 0.1) is 19.3 Å². The minimum Gasteiger partial charge on any atom is -0.394 e. The topological polar surface area (TPSA) is 44.7 Å². The molecule has 0 radical (unpaired) electrons. The number of aliphatic hydroxyl groups is 1. The third-order valence-corrected chi connectivity index (χ3v) is 5.44. The van der Waals surface area contributed by atoms with E-state index in [1.54, 1.807) is 0 Å². The lowest BCUT2D eigenvalue weighted by molar-refractivity contribution is -0.0844. The molecule has 5 unspecified atom stereocenters. The minimum absolute atomic E-state index is 0.00402. The second kappa shape index (κ2) is 8.47. The molecule has 0 aromatic rings. The Hall–Kier alpha value is -0.160. The van der Waals surface area contributed by atoms with E-state index in [0.717, 1.165) is 38.1 Å². The molecule has 4 heteroatoms. The maximum atomic E-state index is 9.35. The zero-order chi connectivity index (χ0) is 15.2. The molecule has 1 aliphatic heterocycles. The highest BCUT2D eigenvalue weighted by Gasteiger charge is 2.33. The van der Waals surface area contributed by atoms with E-state index in [1.165, 1.54) is 25.7 Å². The van der Waals surface area contributed by atoms with Crippen molar-refractivity contribution in [2.75, 3.05) is 32.8 Å². The second-order valence-electron chi connectivity index (χ2n) is 6.95. The molecule has 0 bridgehead atoms. The molecule has 1 aliphatic carbocycles. The highest BCUT2D eigenvalue weighted by molar-refractivity contribution is 4.88. The minimum atomic E-state index is 0.00402. The van der Waals surface area contributed by atoms with Crippen LogP contribution in [0.5, 0.6) is 0 Å². The molecule has 2 fully saturated rings. The summed E-state index contributed by atoms with van der Waals surface area (Å²) in [4.78, 5) is 2.54. The number of nitrogens with one attached hydrogen (secondary N) is 1. The van der Waals surface area contributed by atoms with Gasteiger partial charge in [-0.05, 0) is 44.6 Å². The third-order valence-electron chi connectivity index (χ3n) is 5.44. The molecule has 1 saturated heterocycles. The monoisotopic (exact) mass is 298 g/mol. The molecule has 2 rings (SSSR count). The highest BCUT2D eigenvalue weighted by atomic mass is 16.5. The summed E-state index contributed by atoms with van der Waals surface area (Å²) in [6.07, 6.45) is 5.36. The number of hydrogen-bond acceptors (Lipinski definition) is 4. The summed E-state index contributed by atoms with van der Waals surface area (Å²) < 4.78 is 5.67. The van der Waals surface area contributed by atoms with Gasteiger partial charge in [-0.15, -0.1) is 0 Å². The summed E-state index contributed by atoms with van der Waals surface area (Å²) in [6.45, 7) is 10.8. The zero-order valence-corrected chi connectivity index (χ0v) is 14.1. The van der Waals surface area contributed by atoms with Crippen molar-refractivity contribution in [1.29, 1.82) is 0 Å². The fourth-order valence-corrected chi connectivity index (χ4v) is 4.01. The van der Waals surface area contributed by atoms with Crippen molar-refractivity contribution in [1.82, 2.24) is 10.2 Å². The van der Waals surface area contributed by atoms with E-state index in [-0.39, 0.29) is 12.7 Å². The van der Waals surface area contributed by atoms with E-state index >= 15 is 0 Å². The average Bonchev–Trinajstić information content (AvgIpc) is 2.51. The van der Waals surface area contributed by atoms with Crippen molar-refractivity contribution < 1.29 is 9.84 Å². The van der Waals surface area contributed by atoms with Crippen LogP contribution in [-0.2, 0) is 4.74 Å². The largest absolute Gasteiger partial charge is 0.394 e. The molecule has 0 aromatic heterocycles. The molecule has 1 heterocycles. The normalized spacial score (nSPS) is 38.6. The van der Waals surface area contributed by atoms with Crippen LogP contribution in [0.3, 0.4) is 0 Å². The van der Waals surface area contributed by atoms with E-state index < -0.39 is 0 Å². The van der Waals surface area contributed by atoms with E-state index in [9.17, 15) is 5.11 Å². The number of aliphatic hydroxyl groups excluding tert-OH is 1. The molecule has 21 heavy (non-hydrogen) atoms. The number of nitrogens with zero attached hydrogens (tertiary/aromatic N) is 1. The Kier molecular flexibility index (Phi) is 6.93. The number of ether oxygens (including phenoxy) is 1. The fraction of sp³-hybridized carbons (Fsp3) is 1.00. The first-order valence-corrected chi connectivity index (χ1v) is 8.87. The van der Waals surface area contributed by atoms with Crippen molar-refractivity contribution >= 4 is 0 Å². The van der Waals surface area contributed by atoms with E-state index in [0.29, 0.717) is 12.1 Å². The van der Waals surface area contributed by atoms with Gasteiger partial charge >= 0.3 is 0 Å². The Balaban J connectivity index is 1.95. The lowest BCUT2D eigenvalue weighted by atomic mass is 9.76. The number of hydrogen-bond donors (Lipinski definition) is 2. The first-order valence-electron chi connectivity index (χ1n) is 8.87. The van der Waals surface area contributed by atoms with Gasteiger partial charge in [-0.2, -0.15) is 0 Å². The summed E-state index contributed by atoms with van der Waals surface area (Å²) in [7, 11) is 0. The van der Waals surface area contributed by atoms with E-state index in [4.69, 9.17) is 4.74 Å². The molecule has 0 amide bonds. The predicted octanol–water partition coefficient (Wildman–Crippen LogP) is 1.87. The summed E-state index contributed by atoms with van der Waals surface area (Å²) in [5.74, 6) is 1.64. The molecular weight excluding hydrogens is 264 g/mol. The van der Waals surface area contributed by atoms with Gasteiger partial charge in [-0.1, -0.05) is 20.3 Å². The van der Waals surface area contributed by atoms with Crippen LogP contribution in [0.1, 0.15) is 46.5 Å². The van der Waals surface area contributed by atoms with Crippen molar-refractivity contribution in [2.45, 2.75) is 64.6 Å². The first kappa shape index (κ1) is 17.2. The molecule has 1 saturated carbocycles. The first-order chi connectivity index (χ1) is 10.2. The van der Waals surface area contributed by atoms with Crippen LogP contribution < -0.4 is 5.32 Å². The quantitative estimate of drug-likeness (QED) is 0.786. The van der Waals surface area contributed by atoms with Gasteiger partial charge in [0.2, 0.25) is 0 Å². The van der Waals surface area contributed by atoms with Crippen molar-refractivity contribution in [3.8, 4) is 0 Å². The van der Waals surface area contributed by atoms with Crippen LogP contribution in [0, 0.1) is 11.8 Å². The van der Waals surface area contributed by atoms with Crippen LogP contribution in [0.2, 0.25) is 0 Å². The van der Waals surface area contributed by atoms with Gasteiger partial charge in [0.25, 0.3) is 0 Å². The van der Waals surface area contributed by atoms with Gasteiger partial charge in [0, 0.05) is 25.2 Å². The fourth-order valence-electron chi connectivity index (χ4n) is 4.01. The molecule has 0 spiro atoms. The van der Waals surface area contributed by atoms with Crippen LogP contribution in [0.15, 0.2) is 0 Å². The highest BCUT2D eigenvalue weighted by Crippen LogP contribution is 2.32. The number of rotatable bonds is 6. The standard InChI is InChI=1S/C17H34N2O2/c1-4-14-6-7-17(18-5-2)15(8-14)9-19-10-16(11-20)21-12-13(19)3/h13-18,20H,4-12H2,1-3H3. The lowest BCUT2D eigenvalue weighted by Gasteiger charge is -2.43. The molecular formula is C17H34N2O2. The molecule has 2 N–H and O–H groups in total. The Morgan fingerprint density at radius 2 is 2.10 bits per heavy atom. The Morgan fingerprint density at radius 3 is 2.76 bits per heavy atom. The zero-order valence-electron chi connectivity index (χ0n) is 14.1. The van der Waals surface area contributed by atoms with Gasteiger partial charge in [0.15, 0.2) is 0 Å². The second-order valence-corrected chi connectivity index (χ2v) is 6.95. The summed E-state index contributed by atoms with van der Waals surface area (Å²) in [5, 5.41) is 13.1. The van der Waals surface area contributed by atoms with E-state index in [2.05, 4.69) is 31.0 Å². The van der Waals surface area contributed by atoms with Gasteiger partial charge in [0.1, 0.15) is 0 Å². The molecule has 4 nitrogen and oxygen atoms in total.